The molecule has 1 atom stereocenters. The lowest BCUT2D eigenvalue weighted by molar-refractivity contribution is 0.773. The lowest BCUT2D eigenvalue weighted by Crippen LogP contribution is -2.25. The predicted octanol–water partition coefficient (Wildman–Crippen LogP) is 5.26. The highest BCUT2D eigenvalue weighted by Gasteiger charge is 2.18. The summed E-state index contributed by atoms with van der Waals surface area (Å²) >= 11 is 12.3. The van der Waals surface area contributed by atoms with Crippen molar-refractivity contribution in [3.05, 3.63) is 93.2 Å². The van der Waals surface area contributed by atoms with E-state index < -0.39 is 0 Å². The maximum atomic E-state index is 13.4. The van der Waals surface area contributed by atoms with Gasteiger partial charge in [-0.3, -0.25) is 9.36 Å². The molecule has 0 radical (unpaired) electrons. The first kappa shape index (κ1) is 18.5. The fraction of sp³-hybridized carbons (Fsp3) is 0.0952. The first-order valence-electron chi connectivity index (χ1n) is 8.68. The number of hydrogen-bond donors (Lipinski definition) is 1. The summed E-state index contributed by atoms with van der Waals surface area (Å²) in [6, 6.07) is 18.3. The van der Waals surface area contributed by atoms with Crippen molar-refractivity contribution in [3.63, 3.8) is 0 Å². The summed E-state index contributed by atoms with van der Waals surface area (Å²) in [6.07, 6.45) is 1.39. The van der Waals surface area contributed by atoms with E-state index >= 15 is 0 Å². The third-order valence-corrected chi connectivity index (χ3v) is 5.00. The van der Waals surface area contributed by atoms with E-state index in [1.54, 1.807) is 16.7 Å². The van der Waals surface area contributed by atoms with Gasteiger partial charge < -0.3 is 5.32 Å². The summed E-state index contributed by atoms with van der Waals surface area (Å²) < 4.78 is 1.68. The third-order valence-electron chi connectivity index (χ3n) is 4.48. The molecule has 4 rings (SSSR count). The summed E-state index contributed by atoms with van der Waals surface area (Å²) in [5, 5.41) is 5.34. The largest absolute Gasteiger partial charge is 0.362 e. The van der Waals surface area contributed by atoms with Crippen molar-refractivity contribution in [2.45, 2.75) is 13.0 Å². The molecule has 2 aromatic carbocycles. The Morgan fingerprint density at radius 2 is 1.79 bits per heavy atom. The highest BCUT2D eigenvalue weighted by molar-refractivity contribution is 6.35. The normalized spacial score (nSPS) is 12.1. The summed E-state index contributed by atoms with van der Waals surface area (Å²) in [4.78, 5) is 21.5. The van der Waals surface area contributed by atoms with Crippen molar-refractivity contribution in [1.29, 1.82) is 0 Å². The maximum absolute atomic E-state index is 13.4. The second-order valence-electron chi connectivity index (χ2n) is 6.34. The Balaban J connectivity index is 1.92. The fourth-order valence-corrected chi connectivity index (χ4v) is 3.62. The van der Waals surface area contributed by atoms with Gasteiger partial charge in [-0.25, -0.2) is 9.97 Å². The molecule has 0 aliphatic heterocycles. The van der Waals surface area contributed by atoms with Gasteiger partial charge in [-0.2, -0.15) is 0 Å². The van der Waals surface area contributed by atoms with E-state index in [0.717, 1.165) is 16.8 Å². The van der Waals surface area contributed by atoms with E-state index in [2.05, 4.69) is 15.3 Å². The SMILES string of the molecule is CC(Nc1cc(Cl)ncn1)c1cc2cccc(Cl)c2c(=O)n1-c1ccccc1. The molecule has 0 spiro atoms. The molecule has 0 bridgehead atoms. The van der Waals surface area contributed by atoms with Crippen LogP contribution in [0.2, 0.25) is 10.2 Å². The molecule has 7 heteroatoms. The molecule has 0 aliphatic carbocycles. The number of fused-ring (bicyclic) bond motifs is 1. The van der Waals surface area contributed by atoms with Gasteiger partial charge in [0, 0.05) is 17.4 Å². The van der Waals surface area contributed by atoms with E-state index in [0.29, 0.717) is 21.4 Å². The van der Waals surface area contributed by atoms with Crippen molar-refractivity contribution in [2.75, 3.05) is 5.32 Å². The monoisotopic (exact) mass is 410 g/mol. The van der Waals surface area contributed by atoms with Gasteiger partial charge in [-0.15, -0.1) is 0 Å². The Bertz CT molecular complexity index is 1210. The average molecular weight is 411 g/mol. The Hall–Kier alpha value is -2.89. The molecule has 4 aromatic rings. The lowest BCUT2D eigenvalue weighted by Gasteiger charge is -2.21. The maximum Gasteiger partial charge on any atom is 0.264 e. The van der Waals surface area contributed by atoms with Crippen LogP contribution >= 0.6 is 23.2 Å². The highest BCUT2D eigenvalue weighted by atomic mass is 35.5. The number of anilines is 1. The van der Waals surface area contributed by atoms with Crippen molar-refractivity contribution in [2.24, 2.45) is 0 Å². The van der Waals surface area contributed by atoms with E-state index in [-0.39, 0.29) is 11.6 Å². The molecule has 28 heavy (non-hydrogen) atoms. The minimum atomic E-state index is -0.234. The quantitative estimate of drug-likeness (QED) is 0.466. The molecule has 2 aromatic heterocycles. The van der Waals surface area contributed by atoms with Crippen molar-refractivity contribution in [3.8, 4) is 5.69 Å². The van der Waals surface area contributed by atoms with Gasteiger partial charge in [0.2, 0.25) is 0 Å². The first-order valence-corrected chi connectivity index (χ1v) is 9.44. The van der Waals surface area contributed by atoms with Gasteiger partial charge >= 0.3 is 0 Å². The molecular weight excluding hydrogens is 395 g/mol. The second-order valence-corrected chi connectivity index (χ2v) is 7.14. The number of para-hydroxylation sites is 1. The number of benzene rings is 2. The molecule has 1 unspecified atom stereocenters. The predicted molar refractivity (Wildman–Crippen MR) is 114 cm³/mol. The van der Waals surface area contributed by atoms with Crippen LogP contribution in [0.5, 0.6) is 0 Å². The lowest BCUT2D eigenvalue weighted by atomic mass is 10.1. The van der Waals surface area contributed by atoms with Gasteiger partial charge in [0.05, 0.1) is 16.5 Å². The number of halogens is 2. The molecule has 140 valence electrons. The molecular formula is C21H16Cl2N4O. The standard InChI is InChI=1S/C21H16Cl2N4O/c1-13(26-19-11-18(23)24-12-25-19)17-10-14-6-5-9-16(22)20(14)21(28)27(17)15-7-3-2-4-8-15/h2-13H,1H3,(H,24,25,26). The van der Waals surface area contributed by atoms with Gasteiger partial charge in [-0.05, 0) is 36.6 Å². The number of hydrogen-bond acceptors (Lipinski definition) is 4. The third kappa shape index (κ3) is 3.46. The zero-order chi connectivity index (χ0) is 19.7. The molecule has 0 saturated carbocycles. The Morgan fingerprint density at radius 3 is 2.54 bits per heavy atom. The van der Waals surface area contributed by atoms with E-state index in [1.165, 1.54) is 6.33 Å². The summed E-state index contributed by atoms with van der Waals surface area (Å²) in [5.41, 5.74) is 1.37. The van der Waals surface area contributed by atoms with Crippen molar-refractivity contribution in [1.82, 2.24) is 14.5 Å². The fourth-order valence-electron chi connectivity index (χ4n) is 3.21. The van der Waals surface area contributed by atoms with Crippen LogP contribution < -0.4 is 10.9 Å². The minimum Gasteiger partial charge on any atom is -0.362 e. The summed E-state index contributed by atoms with van der Waals surface area (Å²) in [6.45, 7) is 1.96. The Morgan fingerprint density at radius 1 is 1.00 bits per heavy atom. The molecule has 5 nitrogen and oxygen atoms in total. The van der Waals surface area contributed by atoms with Gasteiger partial charge in [0.15, 0.2) is 0 Å². The van der Waals surface area contributed by atoms with Crippen molar-refractivity contribution >= 4 is 39.8 Å². The number of nitrogens with zero attached hydrogens (tertiary/aromatic N) is 3. The van der Waals surface area contributed by atoms with E-state index in [1.807, 2.05) is 55.5 Å². The number of aromatic nitrogens is 3. The topological polar surface area (TPSA) is 59.8 Å². The average Bonchev–Trinajstić information content (AvgIpc) is 2.68. The van der Waals surface area contributed by atoms with Crippen LogP contribution in [0.15, 0.2) is 71.8 Å². The molecule has 0 fully saturated rings. The zero-order valence-electron chi connectivity index (χ0n) is 14.9. The van der Waals surface area contributed by atoms with Crippen molar-refractivity contribution < 1.29 is 0 Å². The number of rotatable bonds is 4. The molecule has 2 heterocycles. The van der Waals surface area contributed by atoms with Crippen LogP contribution in [0.3, 0.4) is 0 Å². The van der Waals surface area contributed by atoms with Crippen LogP contribution in [0.25, 0.3) is 16.5 Å². The van der Waals surface area contributed by atoms with Crippen LogP contribution in [-0.4, -0.2) is 14.5 Å². The van der Waals surface area contributed by atoms with Crippen LogP contribution in [0, 0.1) is 0 Å². The molecule has 0 aliphatic rings. The first-order chi connectivity index (χ1) is 13.5. The van der Waals surface area contributed by atoms with Gasteiger partial charge in [0.25, 0.3) is 5.56 Å². The zero-order valence-corrected chi connectivity index (χ0v) is 16.4. The minimum absolute atomic E-state index is 0.168. The van der Waals surface area contributed by atoms with Crippen LogP contribution in [0.4, 0.5) is 5.82 Å². The summed E-state index contributed by atoms with van der Waals surface area (Å²) in [5.74, 6) is 0.575. The second kappa shape index (κ2) is 7.62. The molecule has 0 amide bonds. The Labute approximate surface area is 171 Å². The van der Waals surface area contributed by atoms with Gasteiger partial charge in [-0.1, -0.05) is 53.5 Å². The van der Waals surface area contributed by atoms with Gasteiger partial charge in [0.1, 0.15) is 17.3 Å². The number of pyridine rings is 1. The van der Waals surface area contributed by atoms with E-state index in [4.69, 9.17) is 23.2 Å². The summed E-state index contributed by atoms with van der Waals surface area (Å²) in [7, 11) is 0. The molecule has 1 N–H and O–H groups in total. The van der Waals surface area contributed by atoms with Crippen LogP contribution in [0.1, 0.15) is 18.7 Å². The van der Waals surface area contributed by atoms with E-state index in [9.17, 15) is 4.79 Å². The number of nitrogens with one attached hydrogen (secondary N) is 1. The Kier molecular flexibility index (Phi) is 5.03. The molecule has 0 saturated heterocycles. The highest BCUT2D eigenvalue weighted by Crippen LogP contribution is 2.27. The smallest absolute Gasteiger partial charge is 0.264 e. The van der Waals surface area contributed by atoms with Crippen LogP contribution in [-0.2, 0) is 0 Å².